The molecule has 8 atom stereocenters. The molecule has 0 amide bonds. The average molecular weight is 329 g/mol. The first-order chi connectivity index (χ1) is 11.4. The highest BCUT2D eigenvalue weighted by atomic mass is 16.3. The fraction of sp³-hybridized carbons (Fsp3) is 0.913. The molecule has 0 spiro atoms. The molecule has 0 saturated heterocycles. The predicted molar refractivity (Wildman–Crippen MR) is 99.3 cm³/mol. The van der Waals surface area contributed by atoms with Gasteiger partial charge in [0.15, 0.2) is 0 Å². The lowest BCUT2D eigenvalue weighted by Gasteiger charge is -2.61. The van der Waals surface area contributed by atoms with Crippen LogP contribution in [0.4, 0.5) is 0 Å². The first kappa shape index (κ1) is 17.0. The zero-order valence-electron chi connectivity index (χ0n) is 16.0. The van der Waals surface area contributed by atoms with Gasteiger partial charge in [-0.15, -0.1) is 6.42 Å². The summed E-state index contributed by atoms with van der Waals surface area (Å²) in [6.45, 7) is 7.59. The van der Waals surface area contributed by atoms with Crippen LogP contribution in [0.15, 0.2) is 0 Å². The van der Waals surface area contributed by atoms with Gasteiger partial charge in [0.05, 0.1) is 0 Å². The third-order valence-corrected chi connectivity index (χ3v) is 9.68. The molecular formula is C23H36O. The summed E-state index contributed by atoms with van der Waals surface area (Å²) in [6, 6.07) is 0. The predicted octanol–water partition coefficient (Wildman–Crippen LogP) is 5.42. The molecule has 4 aliphatic carbocycles. The van der Waals surface area contributed by atoms with E-state index in [1.54, 1.807) is 0 Å². The Labute approximate surface area is 149 Å². The Morgan fingerprint density at radius 2 is 1.71 bits per heavy atom. The maximum absolute atomic E-state index is 10.7. The zero-order chi connectivity index (χ0) is 17.2. The van der Waals surface area contributed by atoms with Gasteiger partial charge in [-0.3, -0.25) is 0 Å². The number of hydrogen-bond acceptors (Lipinski definition) is 1. The van der Waals surface area contributed by atoms with E-state index in [4.69, 9.17) is 6.42 Å². The fourth-order valence-corrected chi connectivity index (χ4v) is 8.16. The van der Waals surface area contributed by atoms with E-state index in [9.17, 15) is 5.11 Å². The van der Waals surface area contributed by atoms with Crippen molar-refractivity contribution in [2.75, 3.05) is 0 Å². The van der Waals surface area contributed by atoms with Crippen molar-refractivity contribution in [2.45, 2.75) is 90.6 Å². The van der Waals surface area contributed by atoms with Crippen LogP contribution in [-0.4, -0.2) is 10.7 Å². The summed E-state index contributed by atoms with van der Waals surface area (Å²) >= 11 is 0. The van der Waals surface area contributed by atoms with Gasteiger partial charge in [0, 0.05) is 0 Å². The van der Waals surface area contributed by atoms with E-state index < -0.39 is 5.60 Å². The SMILES string of the molecule is C#CC1(O)CC[C@@]2(C)C(CC[C@H]3[C@@H]4CC[C@H](CC)[C@@]4(C)CC[C@@H]32)C1. The molecule has 0 heterocycles. The van der Waals surface area contributed by atoms with Gasteiger partial charge in [-0.2, -0.15) is 0 Å². The summed E-state index contributed by atoms with van der Waals surface area (Å²) in [7, 11) is 0. The minimum absolute atomic E-state index is 0.428. The Morgan fingerprint density at radius 1 is 0.958 bits per heavy atom. The van der Waals surface area contributed by atoms with Crippen molar-refractivity contribution in [3.63, 3.8) is 0 Å². The molecule has 4 saturated carbocycles. The van der Waals surface area contributed by atoms with Gasteiger partial charge in [0.2, 0.25) is 0 Å². The Bertz CT molecular complexity index is 547. The molecule has 2 unspecified atom stereocenters. The van der Waals surface area contributed by atoms with E-state index >= 15 is 0 Å². The van der Waals surface area contributed by atoms with Gasteiger partial charge in [-0.1, -0.05) is 33.1 Å². The molecule has 0 aromatic rings. The molecule has 4 aliphatic rings. The molecule has 0 aromatic heterocycles. The topological polar surface area (TPSA) is 20.2 Å². The van der Waals surface area contributed by atoms with Crippen molar-refractivity contribution < 1.29 is 5.11 Å². The van der Waals surface area contributed by atoms with Crippen molar-refractivity contribution in [3.8, 4) is 12.3 Å². The molecule has 1 nitrogen and oxygen atoms in total. The van der Waals surface area contributed by atoms with Crippen LogP contribution in [0.3, 0.4) is 0 Å². The summed E-state index contributed by atoms with van der Waals surface area (Å²) in [6.07, 6.45) is 18.3. The highest BCUT2D eigenvalue weighted by Gasteiger charge is 2.60. The summed E-state index contributed by atoms with van der Waals surface area (Å²) < 4.78 is 0. The van der Waals surface area contributed by atoms with E-state index in [2.05, 4.69) is 26.7 Å². The van der Waals surface area contributed by atoms with Gasteiger partial charge in [-0.25, -0.2) is 0 Å². The quantitative estimate of drug-likeness (QED) is 0.637. The van der Waals surface area contributed by atoms with Gasteiger partial charge in [-0.05, 0) is 98.2 Å². The molecule has 1 heteroatoms. The van der Waals surface area contributed by atoms with Gasteiger partial charge < -0.3 is 5.11 Å². The van der Waals surface area contributed by atoms with Gasteiger partial charge in [0.25, 0.3) is 0 Å². The summed E-state index contributed by atoms with van der Waals surface area (Å²) in [4.78, 5) is 0. The number of terminal acetylenes is 1. The first-order valence-electron chi connectivity index (χ1n) is 10.6. The highest BCUT2D eigenvalue weighted by Crippen LogP contribution is 2.68. The highest BCUT2D eigenvalue weighted by molar-refractivity contribution is 5.16. The largest absolute Gasteiger partial charge is 0.378 e. The first-order valence-corrected chi connectivity index (χ1v) is 10.6. The van der Waals surface area contributed by atoms with Crippen molar-refractivity contribution >= 4 is 0 Å². The van der Waals surface area contributed by atoms with Crippen LogP contribution in [0.5, 0.6) is 0 Å². The molecule has 4 fully saturated rings. The Hall–Kier alpha value is -0.480. The number of fused-ring (bicyclic) bond motifs is 5. The summed E-state index contributed by atoms with van der Waals surface area (Å²) in [5.41, 5.74) is 0.228. The number of hydrogen-bond donors (Lipinski definition) is 1. The van der Waals surface area contributed by atoms with Crippen molar-refractivity contribution in [2.24, 2.45) is 40.4 Å². The zero-order valence-corrected chi connectivity index (χ0v) is 16.0. The van der Waals surface area contributed by atoms with Crippen LogP contribution in [-0.2, 0) is 0 Å². The molecule has 0 aliphatic heterocycles. The van der Waals surface area contributed by atoms with E-state index in [1.165, 1.54) is 44.9 Å². The lowest BCUT2D eigenvalue weighted by atomic mass is 9.44. The number of aliphatic hydroxyl groups is 1. The second kappa shape index (κ2) is 5.51. The molecule has 0 aromatic carbocycles. The van der Waals surface area contributed by atoms with Crippen LogP contribution < -0.4 is 0 Å². The monoisotopic (exact) mass is 328 g/mol. The Kier molecular flexibility index (Phi) is 3.89. The summed E-state index contributed by atoms with van der Waals surface area (Å²) in [5, 5.41) is 10.7. The fourth-order valence-electron chi connectivity index (χ4n) is 8.16. The van der Waals surface area contributed by atoms with Gasteiger partial charge >= 0.3 is 0 Å². The maximum atomic E-state index is 10.7. The molecule has 134 valence electrons. The number of rotatable bonds is 1. The Morgan fingerprint density at radius 3 is 2.42 bits per heavy atom. The van der Waals surface area contributed by atoms with Gasteiger partial charge in [0.1, 0.15) is 5.60 Å². The third-order valence-electron chi connectivity index (χ3n) is 9.68. The summed E-state index contributed by atoms with van der Waals surface area (Å²) in [5.74, 6) is 7.11. The third kappa shape index (κ3) is 2.18. The minimum atomic E-state index is -0.819. The van der Waals surface area contributed by atoms with Crippen LogP contribution in [0.2, 0.25) is 0 Å². The maximum Gasteiger partial charge on any atom is 0.125 e. The van der Waals surface area contributed by atoms with Crippen molar-refractivity contribution in [3.05, 3.63) is 0 Å². The normalized spacial score (nSPS) is 56.7. The lowest BCUT2D eigenvalue weighted by molar-refractivity contribution is -0.138. The van der Waals surface area contributed by atoms with E-state index in [1.807, 2.05) is 0 Å². The van der Waals surface area contributed by atoms with Crippen LogP contribution in [0, 0.1) is 52.8 Å². The lowest BCUT2D eigenvalue weighted by Crippen LogP contribution is -2.55. The van der Waals surface area contributed by atoms with Crippen molar-refractivity contribution in [1.29, 1.82) is 0 Å². The van der Waals surface area contributed by atoms with Crippen LogP contribution >= 0.6 is 0 Å². The average Bonchev–Trinajstić information content (AvgIpc) is 2.92. The molecule has 24 heavy (non-hydrogen) atoms. The molecule has 1 N–H and O–H groups in total. The van der Waals surface area contributed by atoms with E-state index in [0.717, 1.165) is 42.9 Å². The second-order valence-electron chi connectivity index (χ2n) is 10.3. The van der Waals surface area contributed by atoms with E-state index in [0.29, 0.717) is 16.7 Å². The van der Waals surface area contributed by atoms with E-state index in [-0.39, 0.29) is 0 Å². The smallest absolute Gasteiger partial charge is 0.125 e. The standard InChI is InChI=1S/C23H36O/c1-5-16-8-10-19-18-9-7-17-15-23(24,6-2)14-13-22(17,4)20(18)11-12-21(16,19)3/h2,16-20,24H,5,7-15H2,1,3-4H3/t16-,17?,18-,19-,20-,21+,22-,23?/m0/s1. The van der Waals surface area contributed by atoms with Crippen molar-refractivity contribution in [1.82, 2.24) is 0 Å². The molecule has 0 bridgehead atoms. The van der Waals surface area contributed by atoms with Crippen LogP contribution in [0.1, 0.15) is 85.0 Å². The molecular weight excluding hydrogens is 292 g/mol. The van der Waals surface area contributed by atoms with Crippen LogP contribution in [0.25, 0.3) is 0 Å². The molecule has 4 rings (SSSR count). The Balaban J connectivity index is 1.60. The molecule has 0 radical (unpaired) electrons. The minimum Gasteiger partial charge on any atom is -0.378 e. The second-order valence-corrected chi connectivity index (χ2v) is 10.3.